The minimum atomic E-state index is 0.679. The molecule has 302 valence electrons. The van der Waals surface area contributed by atoms with Gasteiger partial charge in [-0.25, -0.2) is 9.97 Å². The predicted octanol–water partition coefficient (Wildman–Crippen LogP) is 17.0. The van der Waals surface area contributed by atoms with Gasteiger partial charge in [-0.3, -0.25) is 0 Å². The number of hydrogen-bond donors (Lipinski definition) is 0. The zero-order valence-corrected chi connectivity index (χ0v) is 35.2. The van der Waals surface area contributed by atoms with Crippen LogP contribution < -0.4 is 0 Å². The Morgan fingerprint density at radius 1 is 0.262 bits per heavy atom. The first-order valence-electron chi connectivity index (χ1n) is 22.1. The molecule has 0 unspecified atom stereocenters. The Kier molecular flexibility index (Phi) is 8.53. The van der Waals surface area contributed by atoms with Crippen LogP contribution in [-0.4, -0.2) is 9.97 Å². The van der Waals surface area contributed by atoms with Gasteiger partial charge in [0.2, 0.25) is 0 Å². The lowest BCUT2D eigenvalue weighted by Crippen LogP contribution is -1.96. The molecule has 0 aliphatic carbocycles. The third-order valence-corrected chi connectivity index (χ3v) is 13.1. The highest BCUT2D eigenvalue weighted by atomic mass is 16.3. The lowest BCUT2D eigenvalue weighted by molar-refractivity contribution is 0.669. The summed E-state index contributed by atoms with van der Waals surface area (Å²) in [6.45, 7) is 0. The van der Waals surface area contributed by atoms with Gasteiger partial charge in [0.05, 0.1) is 11.4 Å². The number of hydrogen-bond acceptors (Lipinski definition) is 3. The fourth-order valence-corrected chi connectivity index (χ4v) is 9.91. The molecule has 0 N–H and O–H groups in total. The molecule has 2 aromatic heterocycles. The van der Waals surface area contributed by atoms with E-state index < -0.39 is 0 Å². The van der Waals surface area contributed by atoms with Crippen LogP contribution in [0.5, 0.6) is 0 Å². The van der Waals surface area contributed by atoms with E-state index in [9.17, 15) is 0 Å². The molecule has 3 heteroatoms. The Morgan fingerprint density at radius 3 is 1.60 bits per heavy atom. The summed E-state index contributed by atoms with van der Waals surface area (Å²) in [4.78, 5) is 10.4. The van der Waals surface area contributed by atoms with Gasteiger partial charge in [-0.2, -0.15) is 0 Å². The van der Waals surface area contributed by atoms with Gasteiger partial charge in [0.15, 0.2) is 5.82 Å². The highest BCUT2D eigenvalue weighted by molar-refractivity contribution is 6.20. The van der Waals surface area contributed by atoms with E-state index in [1.807, 2.05) is 36.4 Å². The van der Waals surface area contributed by atoms with Crippen LogP contribution in [0.15, 0.2) is 235 Å². The maximum atomic E-state index is 6.30. The van der Waals surface area contributed by atoms with E-state index in [1.54, 1.807) is 0 Å². The quantitative estimate of drug-likeness (QED) is 0.124. The fraction of sp³-hybridized carbons (Fsp3) is 0. The van der Waals surface area contributed by atoms with Crippen molar-refractivity contribution in [2.24, 2.45) is 0 Å². The van der Waals surface area contributed by atoms with E-state index in [0.29, 0.717) is 5.82 Å². The molecule has 0 atom stereocenters. The van der Waals surface area contributed by atoms with Crippen LogP contribution in [0.25, 0.3) is 132 Å². The molecule has 0 fully saturated rings. The fourth-order valence-electron chi connectivity index (χ4n) is 9.91. The van der Waals surface area contributed by atoms with Gasteiger partial charge < -0.3 is 4.42 Å². The van der Waals surface area contributed by atoms with Gasteiger partial charge in [0, 0.05) is 27.5 Å². The Bertz CT molecular complexity index is 3980. The van der Waals surface area contributed by atoms with Gasteiger partial charge >= 0.3 is 0 Å². The summed E-state index contributed by atoms with van der Waals surface area (Å²) in [5.41, 5.74) is 13.6. The minimum absolute atomic E-state index is 0.679. The molecular formula is C62H38N2O. The second-order valence-corrected chi connectivity index (χ2v) is 16.9. The average molecular weight is 827 g/mol. The molecule has 0 amide bonds. The lowest BCUT2D eigenvalue weighted by Gasteiger charge is -2.15. The van der Waals surface area contributed by atoms with Crippen LogP contribution in [-0.2, 0) is 0 Å². The molecule has 0 radical (unpaired) electrons. The predicted molar refractivity (Wildman–Crippen MR) is 272 cm³/mol. The summed E-state index contributed by atoms with van der Waals surface area (Å²) >= 11 is 0. The zero-order chi connectivity index (χ0) is 42.8. The SMILES string of the molecule is c1ccc(-c2nc(-c3ccc4c(c3)oc3ccccc34)cc(-c3ccc(-c4ccc(-c5ccc(-c6c7ccccc7cc7c6ccc6ccccc67)cc5)cc4)c4ccccc34)n2)cc1. The molecule has 13 rings (SSSR count). The van der Waals surface area contributed by atoms with Crippen LogP contribution in [0.2, 0.25) is 0 Å². The summed E-state index contributed by atoms with van der Waals surface area (Å²) in [5, 5.41) is 12.1. The van der Waals surface area contributed by atoms with Crippen LogP contribution in [0.1, 0.15) is 0 Å². The second kappa shape index (κ2) is 15.0. The van der Waals surface area contributed by atoms with E-state index in [-0.39, 0.29) is 0 Å². The Hall–Kier alpha value is -8.66. The number of rotatable bonds is 6. The molecule has 0 saturated carbocycles. The number of aromatic nitrogens is 2. The van der Waals surface area contributed by atoms with Crippen LogP contribution in [0.4, 0.5) is 0 Å². The molecular weight excluding hydrogens is 789 g/mol. The maximum Gasteiger partial charge on any atom is 0.160 e. The van der Waals surface area contributed by atoms with Crippen LogP contribution in [0, 0.1) is 0 Å². The van der Waals surface area contributed by atoms with Crippen molar-refractivity contribution < 1.29 is 4.42 Å². The summed E-state index contributed by atoms with van der Waals surface area (Å²) in [6, 6.07) is 82.4. The Morgan fingerprint density at radius 2 is 0.815 bits per heavy atom. The third kappa shape index (κ3) is 6.28. The molecule has 0 saturated heterocycles. The van der Waals surface area contributed by atoms with E-state index in [1.165, 1.54) is 65.5 Å². The highest BCUT2D eigenvalue weighted by Crippen LogP contribution is 2.42. The number of fused-ring (bicyclic) bond motifs is 8. The van der Waals surface area contributed by atoms with Gasteiger partial charge in [0.1, 0.15) is 11.2 Å². The molecule has 65 heavy (non-hydrogen) atoms. The second-order valence-electron chi connectivity index (χ2n) is 16.9. The largest absolute Gasteiger partial charge is 0.456 e. The molecule has 0 aliphatic rings. The van der Waals surface area contributed by atoms with Crippen molar-refractivity contribution in [2.45, 2.75) is 0 Å². The smallest absolute Gasteiger partial charge is 0.160 e. The maximum absolute atomic E-state index is 6.30. The molecule has 0 spiro atoms. The van der Waals surface area contributed by atoms with E-state index >= 15 is 0 Å². The monoisotopic (exact) mass is 826 g/mol. The normalized spacial score (nSPS) is 11.7. The van der Waals surface area contributed by atoms with Gasteiger partial charge in [-0.15, -0.1) is 0 Å². The minimum Gasteiger partial charge on any atom is -0.456 e. The van der Waals surface area contributed by atoms with Crippen molar-refractivity contribution in [2.75, 3.05) is 0 Å². The summed E-state index contributed by atoms with van der Waals surface area (Å²) in [7, 11) is 0. The van der Waals surface area contributed by atoms with Gasteiger partial charge in [0.25, 0.3) is 0 Å². The third-order valence-electron chi connectivity index (χ3n) is 13.1. The zero-order valence-electron chi connectivity index (χ0n) is 35.2. The average Bonchev–Trinajstić information content (AvgIpc) is 3.76. The molecule has 2 heterocycles. The van der Waals surface area contributed by atoms with Crippen molar-refractivity contribution in [1.29, 1.82) is 0 Å². The summed E-state index contributed by atoms with van der Waals surface area (Å²) in [5.74, 6) is 0.679. The van der Waals surface area contributed by atoms with Crippen molar-refractivity contribution in [3.05, 3.63) is 231 Å². The highest BCUT2D eigenvalue weighted by Gasteiger charge is 2.17. The van der Waals surface area contributed by atoms with Crippen molar-refractivity contribution in [1.82, 2.24) is 9.97 Å². The first kappa shape index (κ1) is 36.9. The van der Waals surface area contributed by atoms with E-state index in [2.05, 4.69) is 194 Å². The number of benzene rings is 11. The van der Waals surface area contributed by atoms with Crippen molar-refractivity contribution in [3.63, 3.8) is 0 Å². The first-order chi connectivity index (χ1) is 32.2. The Balaban J connectivity index is 0.862. The standard InChI is InChI=1S/C62H38N2O/c1-2-13-44(14-3-1)62-63-57(46-31-32-54-53-20-10-11-21-59(53)65-60(54)37-46)38-58(64-62)52-35-34-48(50-18-8-9-19-51(50)52)42-26-22-39(23-27-42)40-24-28-43(29-25-40)61-49-17-7-5-15-45(49)36-56-47-16-6-4-12-41(47)30-33-55(56)61/h1-38H. The van der Waals surface area contributed by atoms with Crippen molar-refractivity contribution in [3.8, 4) is 67.3 Å². The van der Waals surface area contributed by atoms with E-state index in [4.69, 9.17) is 14.4 Å². The van der Waals surface area contributed by atoms with Gasteiger partial charge in [-0.05, 0) is 107 Å². The molecule has 13 aromatic rings. The first-order valence-corrected chi connectivity index (χ1v) is 22.1. The number of para-hydroxylation sites is 1. The number of nitrogens with zero attached hydrogens (tertiary/aromatic N) is 2. The molecule has 0 bridgehead atoms. The molecule has 11 aromatic carbocycles. The Labute approximate surface area is 375 Å². The summed E-state index contributed by atoms with van der Waals surface area (Å²) < 4.78 is 6.30. The lowest BCUT2D eigenvalue weighted by atomic mass is 9.89. The topological polar surface area (TPSA) is 38.9 Å². The molecule has 0 aliphatic heterocycles. The molecule has 3 nitrogen and oxygen atoms in total. The van der Waals surface area contributed by atoms with Gasteiger partial charge in [-0.1, -0.05) is 200 Å². The summed E-state index contributed by atoms with van der Waals surface area (Å²) in [6.07, 6.45) is 0. The van der Waals surface area contributed by atoms with E-state index in [0.717, 1.165) is 61.0 Å². The number of furan rings is 1. The van der Waals surface area contributed by atoms with Crippen LogP contribution in [0.3, 0.4) is 0 Å². The van der Waals surface area contributed by atoms with Crippen molar-refractivity contribution >= 4 is 65.0 Å². The van der Waals surface area contributed by atoms with Crippen LogP contribution >= 0.6 is 0 Å².